The Labute approximate surface area is 128 Å². The largest absolute Gasteiger partial charge is 0.496 e. The van der Waals surface area contributed by atoms with Crippen molar-refractivity contribution in [3.05, 3.63) is 60.3 Å². The Hall–Kier alpha value is -2.69. The molecule has 5 heteroatoms. The molecule has 0 amide bonds. The Morgan fingerprint density at radius 2 is 2.09 bits per heavy atom. The van der Waals surface area contributed by atoms with Gasteiger partial charge in [-0.2, -0.15) is 0 Å². The molecule has 22 heavy (non-hydrogen) atoms. The van der Waals surface area contributed by atoms with E-state index in [0.29, 0.717) is 29.7 Å². The van der Waals surface area contributed by atoms with Crippen molar-refractivity contribution < 1.29 is 9.13 Å². The molecule has 4 nitrogen and oxygen atoms in total. The molecule has 0 aliphatic rings. The maximum Gasteiger partial charge on any atom is 0.137 e. The Morgan fingerprint density at radius 1 is 1.23 bits per heavy atom. The van der Waals surface area contributed by atoms with Gasteiger partial charge in [-0.15, -0.1) is 0 Å². The fourth-order valence-electron chi connectivity index (χ4n) is 2.45. The van der Waals surface area contributed by atoms with E-state index in [2.05, 4.69) is 15.3 Å². The van der Waals surface area contributed by atoms with Gasteiger partial charge in [0.25, 0.3) is 0 Å². The van der Waals surface area contributed by atoms with Crippen LogP contribution in [0.3, 0.4) is 0 Å². The number of nitrogens with zero attached hydrogens (tertiary/aromatic N) is 2. The summed E-state index contributed by atoms with van der Waals surface area (Å²) in [6.07, 6.45) is 3.63. The number of nitrogens with one attached hydrogen (secondary N) is 1. The fraction of sp³-hybridized carbons (Fsp3) is 0.176. The van der Waals surface area contributed by atoms with Crippen LogP contribution in [0.25, 0.3) is 10.8 Å². The van der Waals surface area contributed by atoms with Gasteiger partial charge >= 0.3 is 0 Å². The number of methoxy groups -OCH3 is 1. The van der Waals surface area contributed by atoms with Crippen molar-refractivity contribution >= 4 is 16.6 Å². The molecule has 112 valence electrons. The van der Waals surface area contributed by atoms with E-state index in [0.717, 1.165) is 11.2 Å². The molecule has 1 heterocycles. The number of hydrogen-bond acceptors (Lipinski definition) is 4. The molecule has 1 N–H and O–H groups in total. The number of aromatic nitrogens is 2. The summed E-state index contributed by atoms with van der Waals surface area (Å²) >= 11 is 0. The topological polar surface area (TPSA) is 47.0 Å². The molecule has 0 spiro atoms. The van der Waals surface area contributed by atoms with Crippen molar-refractivity contribution in [2.75, 3.05) is 19.0 Å². The number of halogens is 1. The molecule has 0 aliphatic heterocycles. The zero-order valence-corrected chi connectivity index (χ0v) is 12.2. The van der Waals surface area contributed by atoms with E-state index in [1.165, 1.54) is 6.33 Å². The molecule has 0 unspecified atom stereocenters. The van der Waals surface area contributed by atoms with Gasteiger partial charge in [0.1, 0.15) is 23.7 Å². The third-order valence-corrected chi connectivity index (χ3v) is 3.53. The summed E-state index contributed by atoms with van der Waals surface area (Å²) in [6.45, 7) is 0.558. The van der Waals surface area contributed by atoms with Crippen LogP contribution in [0, 0.1) is 5.82 Å². The molecule has 0 saturated heterocycles. The minimum atomic E-state index is -0.223. The van der Waals surface area contributed by atoms with Crippen LogP contribution in [0.15, 0.2) is 48.9 Å². The first-order valence-corrected chi connectivity index (χ1v) is 7.03. The smallest absolute Gasteiger partial charge is 0.137 e. The van der Waals surface area contributed by atoms with Crippen LogP contribution in [-0.2, 0) is 6.42 Å². The second kappa shape index (κ2) is 6.39. The molecule has 0 aliphatic carbocycles. The number of rotatable bonds is 5. The highest BCUT2D eigenvalue weighted by Gasteiger charge is 2.13. The average molecular weight is 297 g/mol. The highest BCUT2D eigenvalue weighted by atomic mass is 19.1. The molecule has 1 aromatic heterocycles. The fourth-order valence-corrected chi connectivity index (χ4v) is 2.45. The number of fused-ring (bicyclic) bond motifs is 1. The zero-order valence-electron chi connectivity index (χ0n) is 12.2. The second-order valence-electron chi connectivity index (χ2n) is 4.86. The van der Waals surface area contributed by atoms with Crippen LogP contribution >= 0.6 is 0 Å². The second-order valence-corrected chi connectivity index (χ2v) is 4.86. The van der Waals surface area contributed by atoms with Crippen molar-refractivity contribution in [3.8, 4) is 5.75 Å². The van der Waals surface area contributed by atoms with E-state index in [1.807, 2.05) is 24.3 Å². The van der Waals surface area contributed by atoms with Crippen LogP contribution < -0.4 is 10.1 Å². The molecule has 0 atom stereocenters. The summed E-state index contributed by atoms with van der Waals surface area (Å²) in [7, 11) is 1.56. The Kier molecular flexibility index (Phi) is 4.14. The summed E-state index contributed by atoms with van der Waals surface area (Å²) in [5.74, 6) is 1.07. The molecule has 0 bridgehead atoms. The molecule has 0 saturated carbocycles. The minimum absolute atomic E-state index is 0.223. The third-order valence-electron chi connectivity index (χ3n) is 3.53. The quantitative estimate of drug-likeness (QED) is 0.783. The van der Waals surface area contributed by atoms with Crippen molar-refractivity contribution in [1.29, 1.82) is 0 Å². The van der Waals surface area contributed by atoms with Gasteiger partial charge in [-0.3, -0.25) is 0 Å². The normalized spacial score (nSPS) is 10.6. The Balaban J connectivity index is 1.84. The molecular weight excluding hydrogens is 281 g/mol. The minimum Gasteiger partial charge on any atom is -0.496 e. The van der Waals surface area contributed by atoms with E-state index >= 15 is 0 Å². The maximum absolute atomic E-state index is 14.7. The van der Waals surface area contributed by atoms with Gasteiger partial charge in [0.2, 0.25) is 0 Å². The van der Waals surface area contributed by atoms with Gasteiger partial charge < -0.3 is 10.1 Å². The van der Waals surface area contributed by atoms with Crippen molar-refractivity contribution in [2.24, 2.45) is 0 Å². The SMILES string of the molecule is COc1cc2ccccc2c(F)c1CCNc1ccncn1. The van der Waals surface area contributed by atoms with Gasteiger partial charge in [0, 0.05) is 23.7 Å². The molecule has 0 fully saturated rings. The van der Waals surface area contributed by atoms with E-state index in [9.17, 15) is 4.39 Å². The van der Waals surface area contributed by atoms with Crippen LogP contribution in [0.1, 0.15) is 5.56 Å². The summed E-state index contributed by atoms with van der Waals surface area (Å²) in [4.78, 5) is 7.93. The molecule has 2 aromatic carbocycles. The summed E-state index contributed by atoms with van der Waals surface area (Å²) < 4.78 is 20.1. The van der Waals surface area contributed by atoms with Crippen LogP contribution in [0.5, 0.6) is 5.75 Å². The number of benzene rings is 2. The molecule has 3 aromatic rings. The monoisotopic (exact) mass is 297 g/mol. The van der Waals surface area contributed by atoms with Crippen LogP contribution in [-0.4, -0.2) is 23.6 Å². The zero-order chi connectivity index (χ0) is 15.4. The lowest BCUT2D eigenvalue weighted by Crippen LogP contribution is -2.09. The number of hydrogen-bond donors (Lipinski definition) is 1. The van der Waals surface area contributed by atoms with E-state index in [4.69, 9.17) is 4.74 Å². The van der Waals surface area contributed by atoms with Gasteiger partial charge in [0.05, 0.1) is 7.11 Å². The predicted molar refractivity (Wildman–Crippen MR) is 84.7 cm³/mol. The summed E-state index contributed by atoms with van der Waals surface area (Å²) in [6, 6.07) is 11.0. The van der Waals surface area contributed by atoms with Gasteiger partial charge in [-0.05, 0) is 23.9 Å². The van der Waals surface area contributed by atoms with Crippen LogP contribution in [0.4, 0.5) is 10.2 Å². The molecule has 0 radical (unpaired) electrons. The first-order valence-electron chi connectivity index (χ1n) is 7.03. The lowest BCUT2D eigenvalue weighted by molar-refractivity contribution is 0.406. The summed E-state index contributed by atoms with van der Waals surface area (Å²) in [5, 5.41) is 4.60. The molecular formula is C17H16FN3O. The van der Waals surface area contributed by atoms with E-state index < -0.39 is 0 Å². The third kappa shape index (κ3) is 2.83. The van der Waals surface area contributed by atoms with Crippen molar-refractivity contribution in [1.82, 2.24) is 9.97 Å². The Bertz CT molecular complexity index is 777. The number of anilines is 1. The highest BCUT2D eigenvalue weighted by molar-refractivity contribution is 5.85. The Morgan fingerprint density at radius 3 is 2.86 bits per heavy atom. The lowest BCUT2D eigenvalue weighted by Gasteiger charge is -2.13. The predicted octanol–water partition coefficient (Wildman–Crippen LogP) is 3.43. The van der Waals surface area contributed by atoms with Gasteiger partial charge in [0.15, 0.2) is 0 Å². The van der Waals surface area contributed by atoms with Gasteiger partial charge in [-0.25, -0.2) is 14.4 Å². The highest BCUT2D eigenvalue weighted by Crippen LogP contribution is 2.30. The van der Waals surface area contributed by atoms with Crippen LogP contribution in [0.2, 0.25) is 0 Å². The lowest BCUT2D eigenvalue weighted by atomic mass is 10.0. The van der Waals surface area contributed by atoms with E-state index in [-0.39, 0.29) is 5.82 Å². The molecule has 3 rings (SSSR count). The standard InChI is InChI=1S/C17H16FN3O/c1-22-15-10-12-4-2-3-5-13(12)17(18)14(15)6-9-20-16-7-8-19-11-21-16/h2-5,7-8,10-11H,6,9H2,1H3,(H,19,20,21). The van der Waals surface area contributed by atoms with Crippen molar-refractivity contribution in [2.45, 2.75) is 6.42 Å². The average Bonchev–Trinajstić information content (AvgIpc) is 2.57. The van der Waals surface area contributed by atoms with E-state index in [1.54, 1.807) is 25.4 Å². The van der Waals surface area contributed by atoms with Gasteiger partial charge in [-0.1, -0.05) is 24.3 Å². The first-order chi connectivity index (χ1) is 10.8. The first kappa shape index (κ1) is 14.3. The van der Waals surface area contributed by atoms with Crippen molar-refractivity contribution in [3.63, 3.8) is 0 Å². The maximum atomic E-state index is 14.7. The summed E-state index contributed by atoms with van der Waals surface area (Å²) in [5.41, 5.74) is 0.572. The number of ether oxygens (including phenoxy) is 1.